The zero-order valence-electron chi connectivity index (χ0n) is 14.9. The first-order chi connectivity index (χ1) is 11.7. The number of piperidine rings is 1. The van der Waals surface area contributed by atoms with Crippen LogP contribution in [0.3, 0.4) is 0 Å². The van der Waals surface area contributed by atoms with Crippen molar-refractivity contribution in [3.63, 3.8) is 0 Å². The van der Waals surface area contributed by atoms with Crippen LogP contribution in [0.2, 0.25) is 0 Å². The molecule has 1 aromatic heterocycles. The molecule has 1 aliphatic carbocycles. The van der Waals surface area contributed by atoms with E-state index in [-0.39, 0.29) is 0 Å². The van der Waals surface area contributed by atoms with Gasteiger partial charge in [0.25, 0.3) is 0 Å². The lowest BCUT2D eigenvalue weighted by atomic mass is 9.94. The third kappa shape index (κ3) is 3.10. The summed E-state index contributed by atoms with van der Waals surface area (Å²) in [6, 6.07) is 1.29. The molecule has 5 heteroatoms. The fourth-order valence-electron chi connectivity index (χ4n) is 4.67. The van der Waals surface area contributed by atoms with Crippen molar-refractivity contribution in [2.24, 2.45) is 0 Å². The first-order valence-corrected chi connectivity index (χ1v) is 9.81. The number of H-pyrrole nitrogens is 1. The molecule has 1 unspecified atom stereocenters. The highest BCUT2D eigenvalue weighted by molar-refractivity contribution is 5.77. The van der Waals surface area contributed by atoms with Gasteiger partial charge in [-0.2, -0.15) is 5.10 Å². The minimum absolute atomic E-state index is 0.309. The Hall–Kier alpha value is -1.36. The minimum Gasteiger partial charge on any atom is -0.339 e. The zero-order chi connectivity index (χ0) is 16.5. The molecule has 1 amide bonds. The normalized spacial score (nSPS) is 25.4. The van der Waals surface area contributed by atoms with Crippen molar-refractivity contribution in [3.05, 3.63) is 17.0 Å². The number of carbonyl (C=O) groups is 1. The van der Waals surface area contributed by atoms with Crippen LogP contribution in [0.1, 0.15) is 62.4 Å². The lowest BCUT2D eigenvalue weighted by Gasteiger charge is -2.49. The van der Waals surface area contributed by atoms with Gasteiger partial charge in [-0.25, -0.2) is 0 Å². The highest BCUT2D eigenvalue weighted by Gasteiger charge is 2.37. The van der Waals surface area contributed by atoms with E-state index in [4.69, 9.17) is 0 Å². The van der Waals surface area contributed by atoms with E-state index in [1.54, 1.807) is 0 Å². The van der Waals surface area contributed by atoms with Gasteiger partial charge < -0.3 is 4.90 Å². The van der Waals surface area contributed by atoms with Crippen molar-refractivity contribution < 1.29 is 4.79 Å². The summed E-state index contributed by atoms with van der Waals surface area (Å²) in [7, 11) is 0. The Kier molecular flexibility index (Phi) is 4.61. The molecule has 0 radical (unpaired) electrons. The number of carbonyl (C=O) groups excluding carboxylic acids is 1. The number of hydrogen-bond donors (Lipinski definition) is 1. The van der Waals surface area contributed by atoms with Gasteiger partial charge >= 0.3 is 0 Å². The molecule has 1 aromatic rings. The molecule has 1 N–H and O–H groups in total. The minimum atomic E-state index is 0.309. The van der Waals surface area contributed by atoms with Crippen molar-refractivity contribution in [1.82, 2.24) is 20.0 Å². The Bertz CT molecular complexity index is 590. The Labute approximate surface area is 144 Å². The number of nitrogens with zero attached hydrogens (tertiary/aromatic N) is 3. The third-order valence-electron chi connectivity index (χ3n) is 6.26. The Morgan fingerprint density at radius 1 is 1.21 bits per heavy atom. The molecule has 2 fully saturated rings. The van der Waals surface area contributed by atoms with Gasteiger partial charge in [0.1, 0.15) is 0 Å². The largest absolute Gasteiger partial charge is 0.339 e. The summed E-state index contributed by atoms with van der Waals surface area (Å²) in [5.74, 6) is 0.309. The second-order valence-electron chi connectivity index (χ2n) is 7.87. The average Bonchev–Trinajstić information content (AvgIpc) is 2.96. The van der Waals surface area contributed by atoms with Gasteiger partial charge in [0.05, 0.1) is 5.69 Å². The molecule has 4 rings (SSSR count). The number of likely N-dealkylation sites (tertiary alicyclic amines) is 2. The molecule has 0 bridgehead atoms. The maximum absolute atomic E-state index is 12.5. The van der Waals surface area contributed by atoms with Crippen LogP contribution in [0.15, 0.2) is 0 Å². The molecule has 24 heavy (non-hydrogen) atoms. The molecular weight excluding hydrogens is 300 g/mol. The van der Waals surface area contributed by atoms with Crippen LogP contribution in [0, 0.1) is 0 Å². The summed E-state index contributed by atoms with van der Waals surface area (Å²) < 4.78 is 0. The number of nitrogens with one attached hydrogen (secondary N) is 1. The molecule has 2 saturated heterocycles. The Morgan fingerprint density at radius 3 is 2.88 bits per heavy atom. The van der Waals surface area contributed by atoms with Crippen LogP contribution < -0.4 is 0 Å². The van der Waals surface area contributed by atoms with Crippen LogP contribution >= 0.6 is 0 Å². The van der Waals surface area contributed by atoms with Crippen molar-refractivity contribution in [1.29, 1.82) is 0 Å². The van der Waals surface area contributed by atoms with Crippen molar-refractivity contribution in [3.8, 4) is 0 Å². The number of aromatic amines is 1. The lowest BCUT2D eigenvalue weighted by Crippen LogP contribution is -2.63. The smallest absolute Gasteiger partial charge is 0.223 e. The number of amides is 1. The Balaban J connectivity index is 1.25. The van der Waals surface area contributed by atoms with E-state index in [0.717, 1.165) is 38.0 Å². The molecule has 1 atom stereocenters. The second kappa shape index (κ2) is 6.87. The monoisotopic (exact) mass is 330 g/mol. The maximum atomic E-state index is 12.5. The fourth-order valence-corrected chi connectivity index (χ4v) is 4.67. The molecule has 0 saturated carbocycles. The summed E-state index contributed by atoms with van der Waals surface area (Å²) in [5.41, 5.74) is 3.85. The van der Waals surface area contributed by atoms with Gasteiger partial charge in [-0.05, 0) is 57.6 Å². The number of fused-ring (bicyclic) bond motifs is 1. The fraction of sp³-hybridized carbons (Fsp3) is 0.789. The highest BCUT2D eigenvalue weighted by Crippen LogP contribution is 2.26. The van der Waals surface area contributed by atoms with E-state index in [1.165, 1.54) is 49.9 Å². The Morgan fingerprint density at radius 2 is 2.04 bits per heavy atom. The van der Waals surface area contributed by atoms with E-state index < -0.39 is 0 Å². The highest BCUT2D eigenvalue weighted by atomic mass is 16.2. The topological polar surface area (TPSA) is 52.2 Å². The molecule has 2 aliphatic heterocycles. The summed E-state index contributed by atoms with van der Waals surface area (Å²) in [5, 5.41) is 7.65. The second-order valence-corrected chi connectivity index (χ2v) is 7.87. The summed E-state index contributed by atoms with van der Waals surface area (Å²) in [6.45, 7) is 5.42. The van der Waals surface area contributed by atoms with Crippen LogP contribution in [-0.2, 0) is 24.1 Å². The summed E-state index contributed by atoms with van der Waals surface area (Å²) in [4.78, 5) is 17.1. The van der Waals surface area contributed by atoms with E-state index in [9.17, 15) is 4.79 Å². The quantitative estimate of drug-likeness (QED) is 0.922. The van der Waals surface area contributed by atoms with Crippen LogP contribution in [0.5, 0.6) is 0 Å². The first-order valence-electron chi connectivity index (χ1n) is 9.81. The number of aryl methyl sites for hydroxylation is 2. The molecule has 3 heterocycles. The van der Waals surface area contributed by atoms with E-state index >= 15 is 0 Å². The van der Waals surface area contributed by atoms with Crippen molar-refractivity contribution in [2.45, 2.75) is 76.8 Å². The van der Waals surface area contributed by atoms with Gasteiger partial charge in [-0.1, -0.05) is 6.42 Å². The number of hydrogen-bond acceptors (Lipinski definition) is 3. The van der Waals surface area contributed by atoms with Gasteiger partial charge in [-0.15, -0.1) is 0 Å². The van der Waals surface area contributed by atoms with Crippen LogP contribution in [0.25, 0.3) is 0 Å². The summed E-state index contributed by atoms with van der Waals surface area (Å²) >= 11 is 0. The predicted octanol–water partition coefficient (Wildman–Crippen LogP) is 2.31. The molecule has 0 aromatic carbocycles. The number of rotatable bonds is 4. The van der Waals surface area contributed by atoms with Crippen LogP contribution in [-0.4, -0.2) is 57.6 Å². The number of aromatic nitrogens is 2. The summed E-state index contributed by atoms with van der Waals surface area (Å²) in [6.07, 6.45) is 10.2. The van der Waals surface area contributed by atoms with Gasteiger partial charge in [0.2, 0.25) is 5.91 Å². The van der Waals surface area contributed by atoms with E-state index in [0.29, 0.717) is 24.4 Å². The molecule has 5 nitrogen and oxygen atoms in total. The van der Waals surface area contributed by atoms with E-state index in [2.05, 4.69) is 22.0 Å². The first kappa shape index (κ1) is 16.1. The van der Waals surface area contributed by atoms with Gasteiger partial charge in [-0.3, -0.25) is 14.8 Å². The standard InChI is InChI=1S/C19H30N4O/c1-14-6-4-5-11-23(14)15-12-22(13-15)19(24)10-9-18-16-7-2-3-8-17(16)20-21-18/h14-15H,2-13H2,1H3,(H,20,21). The maximum Gasteiger partial charge on any atom is 0.223 e. The van der Waals surface area contributed by atoms with Gasteiger partial charge in [0, 0.05) is 43.7 Å². The SMILES string of the molecule is CC1CCCCN1C1CN(C(=O)CCc2n[nH]c3c2CCCC3)C1. The van der Waals surface area contributed by atoms with E-state index in [1.807, 2.05) is 4.90 Å². The van der Waals surface area contributed by atoms with Crippen molar-refractivity contribution >= 4 is 5.91 Å². The molecule has 132 valence electrons. The molecular formula is C19H30N4O. The van der Waals surface area contributed by atoms with Crippen molar-refractivity contribution in [2.75, 3.05) is 19.6 Å². The predicted molar refractivity (Wildman–Crippen MR) is 93.9 cm³/mol. The van der Waals surface area contributed by atoms with Gasteiger partial charge in [0.15, 0.2) is 0 Å². The third-order valence-corrected chi connectivity index (χ3v) is 6.26. The zero-order valence-corrected chi connectivity index (χ0v) is 14.9. The van der Waals surface area contributed by atoms with Crippen LogP contribution in [0.4, 0.5) is 0 Å². The molecule has 0 spiro atoms. The molecule has 3 aliphatic rings. The lowest BCUT2D eigenvalue weighted by molar-refractivity contribution is -0.139. The average molecular weight is 330 g/mol.